The maximum absolute atomic E-state index is 12.5. The minimum absolute atomic E-state index is 0.183. The van der Waals surface area contributed by atoms with Gasteiger partial charge < -0.3 is 10.1 Å². The Morgan fingerprint density at radius 1 is 1.21 bits per heavy atom. The number of halogens is 1. The van der Waals surface area contributed by atoms with Crippen LogP contribution in [-0.4, -0.2) is 38.5 Å². The first kappa shape index (κ1) is 19.8. The van der Waals surface area contributed by atoms with E-state index in [0.29, 0.717) is 17.8 Å². The number of hydrogen-bond donors (Lipinski definition) is 1. The van der Waals surface area contributed by atoms with Crippen LogP contribution in [0.2, 0.25) is 0 Å². The Hall–Kier alpha value is -2.94. The van der Waals surface area contributed by atoms with Crippen molar-refractivity contribution >= 4 is 33.5 Å². The number of nitrogens with one attached hydrogen (secondary N) is 1. The summed E-state index contributed by atoms with van der Waals surface area (Å²) in [4.78, 5) is 24.4. The van der Waals surface area contributed by atoms with Crippen LogP contribution in [0.4, 0.5) is 5.69 Å². The molecule has 2 heterocycles. The molecule has 0 saturated heterocycles. The predicted octanol–water partition coefficient (Wildman–Crippen LogP) is 3.08. The largest absolute Gasteiger partial charge is 0.464 e. The van der Waals surface area contributed by atoms with Crippen molar-refractivity contribution in [3.05, 3.63) is 63.1 Å². The monoisotopic (exact) mass is 445 g/mol. The van der Waals surface area contributed by atoms with Gasteiger partial charge >= 0.3 is 5.97 Å². The van der Waals surface area contributed by atoms with E-state index in [0.717, 1.165) is 21.4 Å². The summed E-state index contributed by atoms with van der Waals surface area (Å²) >= 11 is 3.52. The summed E-state index contributed by atoms with van der Waals surface area (Å²) in [5.41, 5.74) is 3.96. The first-order valence-electron chi connectivity index (χ1n) is 8.52. The molecule has 0 fully saturated rings. The molecule has 28 heavy (non-hydrogen) atoms. The second-order valence-corrected chi connectivity index (χ2v) is 7.11. The molecule has 0 bridgehead atoms. The van der Waals surface area contributed by atoms with Gasteiger partial charge in [0.2, 0.25) is 0 Å². The van der Waals surface area contributed by atoms with Crippen molar-refractivity contribution in [1.82, 2.24) is 19.6 Å². The highest BCUT2D eigenvalue weighted by atomic mass is 79.9. The van der Waals surface area contributed by atoms with Crippen molar-refractivity contribution in [3.63, 3.8) is 0 Å². The molecule has 0 aliphatic heterocycles. The van der Waals surface area contributed by atoms with Gasteiger partial charge in [-0.1, -0.05) is 12.1 Å². The Morgan fingerprint density at radius 2 is 1.89 bits per heavy atom. The van der Waals surface area contributed by atoms with Crippen LogP contribution in [0.3, 0.4) is 0 Å². The molecule has 1 aromatic carbocycles. The summed E-state index contributed by atoms with van der Waals surface area (Å²) < 4.78 is 9.00. The molecular formula is C19H20BrN5O3. The summed E-state index contributed by atoms with van der Waals surface area (Å²) in [6.45, 7) is 4.55. The van der Waals surface area contributed by atoms with Crippen LogP contribution in [-0.2, 0) is 18.3 Å². The number of carbonyl (C=O) groups excluding carboxylic acids is 2. The Balaban J connectivity index is 1.74. The van der Waals surface area contributed by atoms with Crippen LogP contribution in [0.25, 0.3) is 0 Å². The number of benzene rings is 1. The summed E-state index contributed by atoms with van der Waals surface area (Å²) in [5, 5.41) is 11.2. The number of aryl methyl sites for hydroxylation is 2. The molecule has 8 nitrogen and oxygen atoms in total. The number of anilines is 1. The molecule has 0 aliphatic rings. The molecule has 1 amide bonds. The Labute approximate surface area is 170 Å². The van der Waals surface area contributed by atoms with Crippen molar-refractivity contribution in [2.45, 2.75) is 20.4 Å². The van der Waals surface area contributed by atoms with E-state index in [1.54, 1.807) is 19.2 Å². The summed E-state index contributed by atoms with van der Waals surface area (Å²) in [6, 6.07) is 7.23. The van der Waals surface area contributed by atoms with Crippen LogP contribution in [0.15, 0.2) is 34.9 Å². The minimum atomic E-state index is -0.568. The summed E-state index contributed by atoms with van der Waals surface area (Å²) in [5.74, 6) is -0.903. The molecule has 0 saturated carbocycles. The number of aromatic nitrogens is 4. The van der Waals surface area contributed by atoms with E-state index in [9.17, 15) is 9.59 Å². The number of nitrogens with zero attached hydrogens (tertiary/aromatic N) is 4. The molecule has 0 radical (unpaired) electrons. The number of amides is 1. The van der Waals surface area contributed by atoms with Crippen molar-refractivity contribution in [3.8, 4) is 0 Å². The van der Waals surface area contributed by atoms with E-state index < -0.39 is 5.97 Å². The van der Waals surface area contributed by atoms with Crippen molar-refractivity contribution < 1.29 is 14.3 Å². The number of hydrogen-bond acceptors (Lipinski definition) is 5. The molecule has 3 rings (SSSR count). The molecule has 9 heteroatoms. The zero-order chi connectivity index (χ0) is 20.4. The van der Waals surface area contributed by atoms with Gasteiger partial charge in [-0.3, -0.25) is 14.2 Å². The van der Waals surface area contributed by atoms with E-state index in [2.05, 4.69) is 31.4 Å². The van der Waals surface area contributed by atoms with E-state index in [1.807, 2.05) is 30.7 Å². The zero-order valence-electron chi connectivity index (χ0n) is 16.0. The maximum atomic E-state index is 12.5. The van der Waals surface area contributed by atoms with Gasteiger partial charge in [-0.15, -0.1) is 0 Å². The third-order valence-electron chi connectivity index (χ3n) is 4.41. The van der Waals surface area contributed by atoms with Crippen molar-refractivity contribution in [2.75, 3.05) is 12.4 Å². The summed E-state index contributed by atoms with van der Waals surface area (Å²) in [7, 11) is 2.88. The van der Waals surface area contributed by atoms with Crippen LogP contribution in [0.5, 0.6) is 0 Å². The molecule has 1 N–H and O–H groups in total. The molecule has 3 aromatic rings. The third-order valence-corrected chi connectivity index (χ3v) is 5.55. The summed E-state index contributed by atoms with van der Waals surface area (Å²) in [6.07, 6.45) is 1.42. The number of methoxy groups -OCH3 is 1. The molecule has 0 aliphatic carbocycles. The van der Waals surface area contributed by atoms with Gasteiger partial charge in [0.05, 0.1) is 41.4 Å². The van der Waals surface area contributed by atoms with Gasteiger partial charge in [0, 0.05) is 12.6 Å². The average Bonchev–Trinajstić information content (AvgIpc) is 3.16. The standard InChI is InChI=1S/C19H20BrN5O3/c1-11-16(20)12(2)25(23-11)10-13-5-7-14(8-6-13)18(26)22-15-9-21-24(3)17(15)19(27)28-4/h5-9H,10H2,1-4H3,(H,22,26). The lowest BCUT2D eigenvalue weighted by Crippen LogP contribution is -2.16. The quantitative estimate of drug-likeness (QED) is 0.609. The van der Waals surface area contributed by atoms with Crippen molar-refractivity contribution in [1.29, 1.82) is 0 Å². The van der Waals surface area contributed by atoms with Gasteiger partial charge in [-0.2, -0.15) is 10.2 Å². The Kier molecular flexibility index (Phi) is 5.64. The van der Waals surface area contributed by atoms with Gasteiger partial charge in [0.1, 0.15) is 0 Å². The number of esters is 1. The first-order chi connectivity index (χ1) is 13.3. The molecule has 0 unspecified atom stereocenters. The molecule has 0 spiro atoms. The fourth-order valence-corrected chi connectivity index (χ4v) is 3.11. The molecular weight excluding hydrogens is 426 g/mol. The van der Waals surface area contributed by atoms with Crippen LogP contribution < -0.4 is 5.32 Å². The topological polar surface area (TPSA) is 91.0 Å². The van der Waals surface area contributed by atoms with Gasteiger partial charge in [0.25, 0.3) is 5.91 Å². The van der Waals surface area contributed by atoms with E-state index in [1.165, 1.54) is 18.0 Å². The molecule has 146 valence electrons. The first-order valence-corrected chi connectivity index (χ1v) is 9.31. The highest BCUT2D eigenvalue weighted by Gasteiger charge is 2.19. The van der Waals surface area contributed by atoms with Crippen molar-refractivity contribution in [2.24, 2.45) is 7.05 Å². The molecule has 0 atom stereocenters. The van der Waals surface area contributed by atoms with E-state index in [-0.39, 0.29) is 11.6 Å². The minimum Gasteiger partial charge on any atom is -0.464 e. The lowest BCUT2D eigenvalue weighted by atomic mass is 10.1. The highest BCUT2D eigenvalue weighted by molar-refractivity contribution is 9.10. The van der Waals surface area contributed by atoms with E-state index >= 15 is 0 Å². The third kappa shape index (κ3) is 3.84. The normalized spacial score (nSPS) is 10.8. The lowest BCUT2D eigenvalue weighted by molar-refractivity contribution is 0.0589. The Bertz CT molecular complexity index is 1040. The smallest absolute Gasteiger partial charge is 0.358 e. The van der Waals surface area contributed by atoms with Crippen LogP contribution in [0.1, 0.15) is 37.8 Å². The zero-order valence-corrected chi connectivity index (χ0v) is 17.6. The second-order valence-electron chi connectivity index (χ2n) is 6.32. The predicted molar refractivity (Wildman–Crippen MR) is 107 cm³/mol. The molecule has 2 aromatic heterocycles. The highest BCUT2D eigenvalue weighted by Crippen LogP contribution is 2.21. The fraction of sp³-hybridized carbons (Fsp3) is 0.263. The van der Waals surface area contributed by atoms with Crippen LogP contribution >= 0.6 is 15.9 Å². The van der Waals surface area contributed by atoms with Crippen LogP contribution in [0, 0.1) is 13.8 Å². The maximum Gasteiger partial charge on any atom is 0.358 e. The van der Waals surface area contributed by atoms with Gasteiger partial charge in [-0.25, -0.2) is 4.79 Å². The second kappa shape index (κ2) is 7.97. The van der Waals surface area contributed by atoms with E-state index in [4.69, 9.17) is 4.74 Å². The number of rotatable bonds is 5. The Morgan fingerprint density at radius 3 is 2.46 bits per heavy atom. The number of carbonyl (C=O) groups is 2. The van der Waals surface area contributed by atoms with Gasteiger partial charge in [-0.05, 0) is 47.5 Å². The lowest BCUT2D eigenvalue weighted by Gasteiger charge is -2.08. The fourth-order valence-electron chi connectivity index (χ4n) is 2.83. The number of ether oxygens (including phenoxy) is 1. The van der Waals surface area contributed by atoms with Gasteiger partial charge in [0.15, 0.2) is 5.69 Å². The SMILES string of the molecule is COC(=O)c1c(NC(=O)c2ccc(Cn3nc(C)c(Br)c3C)cc2)cnn1C. The average molecular weight is 446 g/mol.